The van der Waals surface area contributed by atoms with Crippen LogP contribution in [0.2, 0.25) is 0 Å². The van der Waals surface area contributed by atoms with Gasteiger partial charge in [-0.2, -0.15) is 0 Å². The lowest BCUT2D eigenvalue weighted by Crippen LogP contribution is -2.26. The van der Waals surface area contributed by atoms with E-state index in [4.69, 9.17) is 5.14 Å². The van der Waals surface area contributed by atoms with Gasteiger partial charge in [-0.05, 0) is 63.4 Å². The van der Waals surface area contributed by atoms with E-state index in [2.05, 4.69) is 11.8 Å². The van der Waals surface area contributed by atoms with Gasteiger partial charge in [0.25, 0.3) is 0 Å². The largest absolute Gasteiger partial charge is 0.388 e. The molecule has 1 rings (SSSR count). The van der Waals surface area contributed by atoms with Crippen molar-refractivity contribution in [2.45, 2.75) is 70.4 Å². The van der Waals surface area contributed by atoms with E-state index in [9.17, 15) is 17.9 Å². The van der Waals surface area contributed by atoms with Crippen molar-refractivity contribution in [3.63, 3.8) is 0 Å². The summed E-state index contributed by atoms with van der Waals surface area (Å²) < 4.78 is 35.0. The summed E-state index contributed by atoms with van der Waals surface area (Å²) in [5.74, 6) is -0.195. The zero-order chi connectivity index (χ0) is 20.3. The number of nitrogens with two attached hydrogens (primary N) is 1. The van der Waals surface area contributed by atoms with Gasteiger partial charge in [0.2, 0.25) is 10.0 Å². The van der Waals surface area contributed by atoms with E-state index in [0.717, 1.165) is 50.9 Å². The second-order valence-electron chi connectivity index (χ2n) is 7.27. The van der Waals surface area contributed by atoms with Gasteiger partial charge in [-0.25, -0.2) is 17.9 Å². The van der Waals surface area contributed by atoms with Crippen LogP contribution in [0.3, 0.4) is 0 Å². The van der Waals surface area contributed by atoms with Crippen LogP contribution in [0.4, 0.5) is 4.39 Å². The number of aliphatic hydroxyl groups is 1. The molecule has 3 N–H and O–H groups in total. The van der Waals surface area contributed by atoms with Crippen LogP contribution in [-0.2, 0) is 15.8 Å². The van der Waals surface area contributed by atoms with Gasteiger partial charge in [0.05, 0.1) is 18.0 Å². The molecule has 0 aromatic heterocycles. The number of alkyl halides is 1. The van der Waals surface area contributed by atoms with Crippen molar-refractivity contribution in [3.05, 3.63) is 35.4 Å². The summed E-state index contributed by atoms with van der Waals surface area (Å²) in [6, 6.07) is 6.91. The first kappa shape index (κ1) is 24.0. The minimum atomic E-state index is -3.54. The molecule has 0 fully saturated rings. The van der Waals surface area contributed by atoms with Crippen molar-refractivity contribution < 1.29 is 17.9 Å². The Hall–Kier alpha value is -1.02. The summed E-state index contributed by atoms with van der Waals surface area (Å²) in [7, 11) is -3.54. The minimum absolute atomic E-state index is 0.195. The number of hydrogen-bond acceptors (Lipinski definition) is 4. The van der Waals surface area contributed by atoms with Gasteiger partial charge in [-0.1, -0.05) is 44.0 Å². The van der Waals surface area contributed by atoms with Crippen molar-refractivity contribution in [2.24, 2.45) is 5.14 Å². The fourth-order valence-electron chi connectivity index (χ4n) is 3.11. The third-order valence-corrected chi connectivity index (χ3v) is 5.44. The zero-order valence-electron chi connectivity index (χ0n) is 16.6. The maximum absolute atomic E-state index is 12.8. The molecule has 0 aliphatic carbocycles. The van der Waals surface area contributed by atoms with Gasteiger partial charge < -0.3 is 10.0 Å². The Bertz CT molecular complexity index is 621. The standard InChI is InChI=1S/C20H35FN2O3S/c1-3-23(14-6-4-5-8-17(2)21)15-7-9-20(24)19-12-10-18(11-13-19)16-27(22,25)26/h10-13,17,20,24H,3-9,14-16H2,1-2H3,(H2,22,25,26)/t17?,20-/m0/s1. The van der Waals surface area contributed by atoms with Gasteiger partial charge in [-0.3, -0.25) is 0 Å². The number of primary sulfonamides is 1. The zero-order valence-corrected chi connectivity index (χ0v) is 17.4. The number of rotatable bonds is 14. The lowest BCUT2D eigenvalue weighted by Gasteiger charge is -2.21. The lowest BCUT2D eigenvalue weighted by molar-refractivity contribution is 0.155. The second-order valence-corrected chi connectivity index (χ2v) is 8.89. The topological polar surface area (TPSA) is 83.6 Å². The Morgan fingerprint density at radius 1 is 1.07 bits per heavy atom. The minimum Gasteiger partial charge on any atom is -0.388 e. The number of unbranched alkanes of at least 4 members (excludes halogenated alkanes) is 2. The summed E-state index contributed by atoms with van der Waals surface area (Å²) >= 11 is 0. The fourth-order valence-corrected chi connectivity index (χ4v) is 3.77. The third-order valence-electron chi connectivity index (χ3n) is 4.71. The average Bonchev–Trinajstić information content (AvgIpc) is 2.58. The molecule has 27 heavy (non-hydrogen) atoms. The fraction of sp³-hybridized carbons (Fsp3) is 0.700. The molecule has 0 radical (unpaired) electrons. The van der Waals surface area contributed by atoms with Crippen molar-refractivity contribution >= 4 is 10.0 Å². The first-order chi connectivity index (χ1) is 12.7. The summed E-state index contributed by atoms with van der Waals surface area (Å²) in [6.45, 7) is 6.64. The molecule has 0 saturated heterocycles. The smallest absolute Gasteiger partial charge is 0.213 e. The summed E-state index contributed by atoms with van der Waals surface area (Å²) in [5, 5.41) is 15.4. The third kappa shape index (κ3) is 11.4. The van der Waals surface area contributed by atoms with Crippen molar-refractivity contribution in [3.8, 4) is 0 Å². The van der Waals surface area contributed by atoms with Gasteiger partial charge >= 0.3 is 0 Å². The number of aliphatic hydroxyl groups excluding tert-OH is 1. The van der Waals surface area contributed by atoms with Gasteiger partial charge in [0.1, 0.15) is 0 Å². The molecule has 156 valence electrons. The molecule has 2 atom stereocenters. The van der Waals surface area contributed by atoms with Crippen LogP contribution in [0.5, 0.6) is 0 Å². The molecule has 0 spiro atoms. The van der Waals surface area contributed by atoms with Crippen LogP contribution in [0, 0.1) is 0 Å². The molecule has 5 nitrogen and oxygen atoms in total. The first-order valence-electron chi connectivity index (χ1n) is 9.85. The SMILES string of the molecule is CCN(CCCCCC(C)F)CCC[C@H](O)c1ccc(CS(N)(=O)=O)cc1. The van der Waals surface area contributed by atoms with Crippen LogP contribution in [-0.4, -0.2) is 44.2 Å². The predicted molar refractivity (Wildman–Crippen MR) is 109 cm³/mol. The number of nitrogens with zero attached hydrogens (tertiary/aromatic N) is 1. The molecule has 0 amide bonds. The van der Waals surface area contributed by atoms with E-state index in [0.29, 0.717) is 18.4 Å². The predicted octanol–water partition coefficient (Wildman–Crippen LogP) is 3.53. The second kappa shape index (κ2) is 12.4. The molecular formula is C20H35FN2O3S. The molecule has 1 aromatic rings. The first-order valence-corrected chi connectivity index (χ1v) is 11.6. The van der Waals surface area contributed by atoms with Crippen LogP contribution in [0.25, 0.3) is 0 Å². The van der Waals surface area contributed by atoms with Crippen LogP contribution in [0.1, 0.15) is 69.6 Å². The highest BCUT2D eigenvalue weighted by atomic mass is 32.2. The summed E-state index contributed by atoms with van der Waals surface area (Å²) in [6.07, 6.45) is 4.00. The quantitative estimate of drug-likeness (QED) is 0.466. The number of halogens is 1. The lowest BCUT2D eigenvalue weighted by atomic mass is 10.0. The highest BCUT2D eigenvalue weighted by molar-refractivity contribution is 7.88. The van der Waals surface area contributed by atoms with Gasteiger partial charge in [0.15, 0.2) is 0 Å². The Morgan fingerprint density at radius 3 is 2.26 bits per heavy atom. The molecule has 0 aliphatic rings. The molecule has 0 bridgehead atoms. The molecule has 0 heterocycles. The van der Waals surface area contributed by atoms with E-state index in [1.54, 1.807) is 31.2 Å². The number of hydrogen-bond donors (Lipinski definition) is 2. The number of benzene rings is 1. The van der Waals surface area contributed by atoms with E-state index in [-0.39, 0.29) is 5.75 Å². The Kier molecular flexibility index (Phi) is 11.1. The van der Waals surface area contributed by atoms with E-state index < -0.39 is 22.3 Å². The molecule has 7 heteroatoms. The molecule has 1 unspecified atom stereocenters. The average molecular weight is 403 g/mol. The normalized spacial score (nSPS) is 14.4. The highest BCUT2D eigenvalue weighted by Crippen LogP contribution is 2.19. The van der Waals surface area contributed by atoms with Crippen molar-refractivity contribution in [2.75, 3.05) is 19.6 Å². The number of sulfonamides is 1. The van der Waals surface area contributed by atoms with Gasteiger partial charge in [0, 0.05) is 0 Å². The molecule has 0 aliphatic heterocycles. The Balaban J connectivity index is 2.30. The van der Waals surface area contributed by atoms with E-state index >= 15 is 0 Å². The maximum Gasteiger partial charge on any atom is 0.213 e. The molecular weight excluding hydrogens is 367 g/mol. The summed E-state index contributed by atoms with van der Waals surface area (Å²) in [4.78, 5) is 2.36. The van der Waals surface area contributed by atoms with E-state index in [1.165, 1.54) is 0 Å². The monoisotopic (exact) mass is 402 g/mol. The van der Waals surface area contributed by atoms with Crippen LogP contribution < -0.4 is 5.14 Å². The van der Waals surface area contributed by atoms with Crippen LogP contribution >= 0.6 is 0 Å². The summed E-state index contributed by atoms with van der Waals surface area (Å²) in [5.41, 5.74) is 1.41. The Labute approximate surface area is 163 Å². The maximum atomic E-state index is 12.8. The van der Waals surface area contributed by atoms with Gasteiger partial charge in [-0.15, -0.1) is 0 Å². The van der Waals surface area contributed by atoms with Crippen molar-refractivity contribution in [1.82, 2.24) is 4.90 Å². The highest BCUT2D eigenvalue weighted by Gasteiger charge is 2.11. The molecule has 1 aromatic carbocycles. The Morgan fingerprint density at radius 2 is 1.70 bits per heavy atom. The van der Waals surface area contributed by atoms with Crippen molar-refractivity contribution in [1.29, 1.82) is 0 Å². The molecule has 0 saturated carbocycles. The van der Waals surface area contributed by atoms with Crippen LogP contribution in [0.15, 0.2) is 24.3 Å². The van der Waals surface area contributed by atoms with E-state index in [1.807, 2.05) is 0 Å².